The van der Waals surface area contributed by atoms with Crippen LogP contribution in [0, 0.1) is 17.8 Å². The van der Waals surface area contributed by atoms with Crippen LogP contribution >= 0.6 is 0 Å². The quantitative estimate of drug-likeness (QED) is 0.771. The summed E-state index contributed by atoms with van der Waals surface area (Å²) in [5.74, 6) is 2.50. The molecule has 1 heterocycles. The minimum absolute atomic E-state index is 0.662. The van der Waals surface area contributed by atoms with Gasteiger partial charge in [-0.15, -0.1) is 0 Å². The number of aliphatic imine (C=N–C) groups is 1. The summed E-state index contributed by atoms with van der Waals surface area (Å²) in [7, 11) is 2.15. The number of fused-ring (bicyclic) bond motifs is 5. The van der Waals surface area contributed by atoms with Crippen LogP contribution in [0.1, 0.15) is 19.3 Å². The first-order valence-electron chi connectivity index (χ1n) is 7.32. The number of hydrogen-bond acceptors (Lipinski definition) is 2. The molecule has 0 aromatic heterocycles. The molecule has 0 N–H and O–H groups in total. The Balaban J connectivity index is 1.61. The van der Waals surface area contributed by atoms with Gasteiger partial charge >= 0.3 is 0 Å². The molecule has 1 aromatic carbocycles. The van der Waals surface area contributed by atoms with E-state index in [9.17, 15) is 0 Å². The second kappa shape index (κ2) is 4.26. The van der Waals surface area contributed by atoms with E-state index >= 15 is 0 Å². The van der Waals surface area contributed by atoms with Gasteiger partial charge in [-0.25, -0.2) is 0 Å². The van der Waals surface area contributed by atoms with Gasteiger partial charge in [-0.05, 0) is 43.2 Å². The molecule has 1 aliphatic heterocycles. The molecule has 2 aliphatic carbocycles. The van der Waals surface area contributed by atoms with Gasteiger partial charge in [0.15, 0.2) is 0 Å². The Morgan fingerprint density at radius 1 is 1.16 bits per heavy atom. The second-order valence-electron chi connectivity index (χ2n) is 6.14. The van der Waals surface area contributed by atoms with E-state index in [0.29, 0.717) is 6.04 Å². The number of ether oxygens (including phenoxy) is 1. The van der Waals surface area contributed by atoms with Gasteiger partial charge in [0, 0.05) is 19.0 Å². The first kappa shape index (κ1) is 11.3. The molecule has 19 heavy (non-hydrogen) atoms. The summed E-state index contributed by atoms with van der Waals surface area (Å²) in [6.07, 6.45) is 4.21. The third-order valence-electron chi connectivity index (χ3n) is 5.18. The maximum Gasteiger partial charge on any atom is 0.292 e. The predicted molar refractivity (Wildman–Crippen MR) is 75.4 cm³/mol. The van der Waals surface area contributed by atoms with E-state index in [2.05, 4.69) is 16.9 Å². The number of hydrogen-bond donors (Lipinski definition) is 0. The van der Waals surface area contributed by atoms with Gasteiger partial charge in [0.2, 0.25) is 0 Å². The summed E-state index contributed by atoms with van der Waals surface area (Å²) in [5, 5.41) is 0. The molecule has 3 nitrogen and oxygen atoms in total. The molecule has 0 amide bonds. The number of rotatable bonds is 1. The maximum atomic E-state index is 5.94. The van der Waals surface area contributed by atoms with Crippen molar-refractivity contribution in [3.63, 3.8) is 0 Å². The first-order chi connectivity index (χ1) is 9.33. The third-order valence-corrected chi connectivity index (χ3v) is 5.18. The standard InChI is InChI=1S/C16H20N2O/c1-18-15-12-8-7-11(9-12)14(15)10-19-16(18)17-13-5-3-2-4-6-13/h2-6,11-12,14-15H,7-10H2,1H3/t11-,12+,14-,15+/m0/s1. The lowest BCUT2D eigenvalue weighted by molar-refractivity contribution is 0.0466. The highest BCUT2D eigenvalue weighted by molar-refractivity contribution is 5.78. The molecular formula is C16H20N2O. The summed E-state index contributed by atoms with van der Waals surface area (Å²) in [5.41, 5.74) is 0.978. The fraction of sp³-hybridized carbons (Fsp3) is 0.562. The van der Waals surface area contributed by atoms with Crippen LogP contribution in [0.25, 0.3) is 0 Å². The number of para-hydroxylation sites is 1. The fourth-order valence-electron chi connectivity index (χ4n) is 4.34. The smallest absolute Gasteiger partial charge is 0.292 e. The summed E-state index contributed by atoms with van der Waals surface area (Å²) < 4.78 is 5.94. The lowest BCUT2D eigenvalue weighted by atomic mass is 9.83. The van der Waals surface area contributed by atoms with Crippen LogP contribution in [-0.4, -0.2) is 30.6 Å². The van der Waals surface area contributed by atoms with Gasteiger partial charge in [0.05, 0.1) is 12.3 Å². The minimum Gasteiger partial charge on any atom is -0.465 e. The number of benzene rings is 1. The van der Waals surface area contributed by atoms with Gasteiger partial charge in [-0.2, -0.15) is 4.99 Å². The Bertz CT molecular complexity index is 499. The van der Waals surface area contributed by atoms with Crippen LogP contribution in [0.3, 0.4) is 0 Å². The van der Waals surface area contributed by atoms with Crippen molar-refractivity contribution in [3.8, 4) is 0 Å². The van der Waals surface area contributed by atoms with Gasteiger partial charge < -0.3 is 9.64 Å². The van der Waals surface area contributed by atoms with Crippen LogP contribution in [0.15, 0.2) is 35.3 Å². The number of amidine groups is 1. The van der Waals surface area contributed by atoms with Crippen molar-refractivity contribution < 1.29 is 4.74 Å². The van der Waals surface area contributed by atoms with E-state index in [1.165, 1.54) is 19.3 Å². The average Bonchev–Trinajstić information content (AvgIpc) is 3.04. The predicted octanol–water partition coefficient (Wildman–Crippen LogP) is 3.05. The zero-order chi connectivity index (χ0) is 12.8. The third kappa shape index (κ3) is 1.75. The molecule has 2 saturated carbocycles. The zero-order valence-corrected chi connectivity index (χ0v) is 11.3. The molecule has 4 rings (SSSR count). The highest BCUT2D eigenvalue weighted by Gasteiger charge is 2.52. The molecule has 100 valence electrons. The van der Waals surface area contributed by atoms with E-state index in [1.54, 1.807) is 0 Å². The van der Waals surface area contributed by atoms with Crippen LogP contribution in [-0.2, 0) is 4.74 Å². The van der Waals surface area contributed by atoms with E-state index in [0.717, 1.165) is 36.1 Å². The molecule has 1 aromatic rings. The van der Waals surface area contributed by atoms with Crippen LogP contribution in [0.2, 0.25) is 0 Å². The van der Waals surface area contributed by atoms with Crippen LogP contribution in [0.4, 0.5) is 5.69 Å². The van der Waals surface area contributed by atoms with Crippen LogP contribution < -0.4 is 0 Å². The Morgan fingerprint density at radius 2 is 1.95 bits per heavy atom. The van der Waals surface area contributed by atoms with Crippen molar-refractivity contribution in [1.29, 1.82) is 0 Å². The lowest BCUT2D eigenvalue weighted by Gasteiger charge is -2.42. The molecule has 0 unspecified atom stereocenters. The fourth-order valence-corrected chi connectivity index (χ4v) is 4.34. The van der Waals surface area contributed by atoms with Crippen LogP contribution in [0.5, 0.6) is 0 Å². The summed E-state index contributed by atoms with van der Waals surface area (Å²) in [6, 6.07) is 11.6. The Labute approximate surface area is 114 Å². The summed E-state index contributed by atoms with van der Waals surface area (Å²) >= 11 is 0. The van der Waals surface area contributed by atoms with Crippen molar-refractivity contribution in [2.45, 2.75) is 25.3 Å². The monoisotopic (exact) mass is 256 g/mol. The van der Waals surface area contributed by atoms with Crippen molar-refractivity contribution in [3.05, 3.63) is 30.3 Å². The molecular weight excluding hydrogens is 236 g/mol. The zero-order valence-electron chi connectivity index (χ0n) is 11.3. The molecule has 3 aliphatic rings. The Hall–Kier alpha value is -1.51. The van der Waals surface area contributed by atoms with Crippen molar-refractivity contribution in [2.24, 2.45) is 22.7 Å². The Kier molecular flexibility index (Phi) is 2.54. The molecule has 3 heteroatoms. The average molecular weight is 256 g/mol. The van der Waals surface area contributed by atoms with E-state index < -0.39 is 0 Å². The van der Waals surface area contributed by atoms with Gasteiger partial charge in [-0.1, -0.05) is 18.2 Å². The van der Waals surface area contributed by atoms with Gasteiger partial charge in [0.25, 0.3) is 6.02 Å². The molecule has 0 radical (unpaired) electrons. The summed E-state index contributed by atoms with van der Waals surface area (Å²) in [6.45, 7) is 0.863. The molecule has 1 saturated heterocycles. The highest BCUT2D eigenvalue weighted by Crippen LogP contribution is 2.51. The molecule has 4 atom stereocenters. The van der Waals surface area contributed by atoms with Crippen molar-refractivity contribution in [2.75, 3.05) is 13.7 Å². The minimum atomic E-state index is 0.662. The second-order valence-corrected chi connectivity index (χ2v) is 6.14. The van der Waals surface area contributed by atoms with Crippen molar-refractivity contribution in [1.82, 2.24) is 4.90 Å². The lowest BCUT2D eigenvalue weighted by Crippen LogP contribution is -2.52. The SMILES string of the molecule is CN1C(=Nc2ccccc2)OC[C@H]2[C@H]3CC[C@H](C3)[C@H]21. The van der Waals surface area contributed by atoms with E-state index in [-0.39, 0.29) is 0 Å². The largest absolute Gasteiger partial charge is 0.465 e. The highest BCUT2D eigenvalue weighted by atomic mass is 16.5. The summed E-state index contributed by atoms with van der Waals surface area (Å²) in [4.78, 5) is 6.96. The maximum absolute atomic E-state index is 5.94. The molecule has 3 fully saturated rings. The molecule has 0 spiro atoms. The van der Waals surface area contributed by atoms with Crippen molar-refractivity contribution >= 4 is 11.7 Å². The van der Waals surface area contributed by atoms with E-state index in [4.69, 9.17) is 4.74 Å². The number of nitrogens with zero attached hydrogens (tertiary/aromatic N) is 2. The van der Waals surface area contributed by atoms with E-state index in [1.807, 2.05) is 30.3 Å². The Morgan fingerprint density at radius 3 is 2.79 bits per heavy atom. The molecule has 2 bridgehead atoms. The normalized spacial score (nSPS) is 38.4. The van der Waals surface area contributed by atoms with Gasteiger partial charge in [-0.3, -0.25) is 0 Å². The topological polar surface area (TPSA) is 24.8 Å². The van der Waals surface area contributed by atoms with Gasteiger partial charge in [0.1, 0.15) is 0 Å². The first-order valence-corrected chi connectivity index (χ1v) is 7.32.